The van der Waals surface area contributed by atoms with Gasteiger partial charge in [-0.3, -0.25) is 9.80 Å². The van der Waals surface area contributed by atoms with Crippen molar-refractivity contribution in [3.8, 4) is 11.6 Å². The lowest BCUT2D eigenvalue weighted by Crippen LogP contribution is -2.49. The van der Waals surface area contributed by atoms with Crippen LogP contribution in [0.3, 0.4) is 0 Å². The third kappa shape index (κ3) is 3.38. The highest BCUT2D eigenvalue weighted by Crippen LogP contribution is 2.24. The zero-order valence-electron chi connectivity index (χ0n) is 14.1. The molecule has 0 N–H and O–H groups in total. The van der Waals surface area contributed by atoms with E-state index in [1.54, 1.807) is 6.26 Å². The van der Waals surface area contributed by atoms with Crippen LogP contribution in [-0.4, -0.2) is 65.4 Å². The average Bonchev–Trinajstić information content (AvgIpc) is 3.36. The first-order valence-corrected chi connectivity index (χ1v) is 8.75. The topological polar surface area (TPSA) is 67.8 Å². The Hall–Kier alpha value is -1.70. The fourth-order valence-electron chi connectivity index (χ4n) is 3.48. The molecular formula is C17H24N4O3. The van der Waals surface area contributed by atoms with E-state index in [1.807, 2.05) is 12.1 Å². The number of hydrogen-bond acceptors (Lipinski definition) is 7. The second-order valence-electron chi connectivity index (χ2n) is 6.58. The van der Waals surface area contributed by atoms with E-state index in [2.05, 4.69) is 26.9 Å². The van der Waals surface area contributed by atoms with Crippen molar-refractivity contribution >= 4 is 0 Å². The van der Waals surface area contributed by atoms with E-state index >= 15 is 0 Å². The largest absolute Gasteiger partial charge is 0.461 e. The Morgan fingerprint density at radius 3 is 2.88 bits per heavy atom. The number of aromatic nitrogens is 2. The van der Waals surface area contributed by atoms with Crippen LogP contribution in [0.1, 0.15) is 31.7 Å². The third-order valence-electron chi connectivity index (χ3n) is 4.98. The normalized spacial score (nSPS) is 24.5. The van der Waals surface area contributed by atoms with Crippen LogP contribution in [0, 0.1) is 0 Å². The summed E-state index contributed by atoms with van der Waals surface area (Å²) in [4.78, 5) is 9.38. The van der Waals surface area contributed by atoms with Crippen LogP contribution in [-0.2, 0) is 4.74 Å². The van der Waals surface area contributed by atoms with Crippen molar-refractivity contribution < 1.29 is 13.7 Å². The maximum atomic E-state index is 5.74. The predicted molar refractivity (Wildman–Crippen MR) is 87.4 cm³/mol. The molecule has 4 heterocycles. The van der Waals surface area contributed by atoms with E-state index in [1.165, 1.54) is 12.8 Å². The minimum atomic E-state index is 0.117. The lowest BCUT2D eigenvalue weighted by Gasteiger charge is -2.37. The smallest absolute Gasteiger partial charge is 0.244 e. The van der Waals surface area contributed by atoms with Crippen molar-refractivity contribution in [1.82, 2.24) is 19.9 Å². The molecule has 2 aliphatic heterocycles. The monoisotopic (exact) mass is 332 g/mol. The second-order valence-corrected chi connectivity index (χ2v) is 6.58. The van der Waals surface area contributed by atoms with E-state index in [9.17, 15) is 0 Å². The minimum absolute atomic E-state index is 0.117. The Morgan fingerprint density at radius 2 is 2.17 bits per heavy atom. The molecular weight excluding hydrogens is 308 g/mol. The average molecular weight is 332 g/mol. The first-order valence-electron chi connectivity index (χ1n) is 8.75. The van der Waals surface area contributed by atoms with Crippen LogP contribution < -0.4 is 0 Å². The lowest BCUT2D eigenvalue weighted by atomic mass is 10.2. The SMILES string of the molecule is C[C@@H](c1nc(-c2ccco2)no1)N1CCN(C[C@@H]2CCCO2)CC1. The second kappa shape index (κ2) is 7.04. The molecule has 0 radical (unpaired) electrons. The number of furan rings is 1. The molecule has 24 heavy (non-hydrogen) atoms. The van der Waals surface area contributed by atoms with Gasteiger partial charge in [0.1, 0.15) is 0 Å². The number of ether oxygens (including phenoxy) is 1. The number of nitrogens with zero attached hydrogens (tertiary/aromatic N) is 4. The maximum Gasteiger partial charge on any atom is 0.244 e. The van der Waals surface area contributed by atoms with E-state index in [4.69, 9.17) is 13.7 Å². The van der Waals surface area contributed by atoms with Crippen LogP contribution in [0.4, 0.5) is 0 Å². The summed E-state index contributed by atoms with van der Waals surface area (Å²) >= 11 is 0. The summed E-state index contributed by atoms with van der Waals surface area (Å²) in [7, 11) is 0. The van der Waals surface area contributed by atoms with Gasteiger partial charge in [-0.05, 0) is 31.9 Å². The van der Waals surface area contributed by atoms with Crippen molar-refractivity contribution in [2.24, 2.45) is 0 Å². The quantitative estimate of drug-likeness (QED) is 0.831. The summed E-state index contributed by atoms with van der Waals surface area (Å²) in [5.41, 5.74) is 0. The molecule has 2 aliphatic rings. The molecule has 7 heteroatoms. The molecule has 2 aromatic rings. The Balaban J connectivity index is 1.32. The zero-order valence-corrected chi connectivity index (χ0v) is 14.1. The molecule has 2 aromatic heterocycles. The molecule has 130 valence electrons. The van der Waals surface area contributed by atoms with Crippen molar-refractivity contribution in [3.05, 3.63) is 24.3 Å². The molecule has 2 fully saturated rings. The molecule has 0 aliphatic carbocycles. The van der Waals surface area contributed by atoms with Crippen LogP contribution in [0.15, 0.2) is 27.3 Å². The van der Waals surface area contributed by atoms with Crippen molar-refractivity contribution in [2.45, 2.75) is 31.9 Å². The summed E-state index contributed by atoms with van der Waals surface area (Å²) in [6.07, 6.45) is 4.45. The Kier molecular flexibility index (Phi) is 4.64. The fraction of sp³-hybridized carbons (Fsp3) is 0.647. The molecule has 0 saturated carbocycles. The summed E-state index contributed by atoms with van der Waals surface area (Å²) in [5, 5.41) is 4.02. The van der Waals surface area contributed by atoms with Gasteiger partial charge in [-0.2, -0.15) is 4.98 Å². The van der Waals surface area contributed by atoms with E-state index < -0.39 is 0 Å². The van der Waals surface area contributed by atoms with Gasteiger partial charge in [0, 0.05) is 39.3 Å². The molecule has 7 nitrogen and oxygen atoms in total. The molecule has 0 aromatic carbocycles. The van der Waals surface area contributed by atoms with Gasteiger partial charge in [-0.25, -0.2) is 0 Å². The van der Waals surface area contributed by atoms with E-state index in [0.29, 0.717) is 23.6 Å². The summed E-state index contributed by atoms with van der Waals surface area (Å²) in [5.74, 6) is 1.80. The zero-order chi connectivity index (χ0) is 16.4. The predicted octanol–water partition coefficient (Wildman–Crippen LogP) is 2.19. The van der Waals surface area contributed by atoms with Gasteiger partial charge in [0.2, 0.25) is 11.7 Å². The maximum absolute atomic E-state index is 5.74. The molecule has 4 rings (SSSR count). The van der Waals surface area contributed by atoms with Gasteiger partial charge in [0.05, 0.1) is 18.4 Å². The van der Waals surface area contributed by atoms with Gasteiger partial charge in [0.15, 0.2) is 5.76 Å². The number of rotatable bonds is 5. The molecule has 0 spiro atoms. The van der Waals surface area contributed by atoms with E-state index in [-0.39, 0.29) is 6.04 Å². The molecule has 2 atom stereocenters. The Morgan fingerprint density at radius 1 is 1.29 bits per heavy atom. The fourth-order valence-corrected chi connectivity index (χ4v) is 3.48. The highest BCUT2D eigenvalue weighted by Gasteiger charge is 2.28. The third-order valence-corrected chi connectivity index (χ3v) is 4.98. The van der Waals surface area contributed by atoms with Gasteiger partial charge >= 0.3 is 0 Å². The van der Waals surface area contributed by atoms with Crippen molar-refractivity contribution in [3.63, 3.8) is 0 Å². The van der Waals surface area contributed by atoms with Crippen molar-refractivity contribution in [2.75, 3.05) is 39.3 Å². The first-order chi connectivity index (χ1) is 11.8. The highest BCUT2D eigenvalue weighted by atomic mass is 16.5. The van der Waals surface area contributed by atoms with Gasteiger partial charge in [0.25, 0.3) is 0 Å². The number of hydrogen-bond donors (Lipinski definition) is 0. The minimum Gasteiger partial charge on any atom is -0.461 e. The van der Waals surface area contributed by atoms with Gasteiger partial charge < -0.3 is 13.7 Å². The van der Waals surface area contributed by atoms with Crippen LogP contribution in [0.25, 0.3) is 11.6 Å². The van der Waals surface area contributed by atoms with Crippen LogP contribution >= 0.6 is 0 Å². The Bertz CT molecular complexity index is 628. The Labute approximate surface area is 141 Å². The lowest BCUT2D eigenvalue weighted by molar-refractivity contribution is 0.0379. The summed E-state index contributed by atoms with van der Waals surface area (Å²) in [6, 6.07) is 3.77. The molecule has 0 bridgehead atoms. The number of piperazine rings is 1. The molecule has 2 saturated heterocycles. The molecule has 0 amide bonds. The summed E-state index contributed by atoms with van der Waals surface area (Å²) < 4.78 is 16.5. The van der Waals surface area contributed by atoms with Gasteiger partial charge in [-0.15, -0.1) is 0 Å². The summed E-state index contributed by atoms with van der Waals surface area (Å²) in [6.45, 7) is 8.24. The standard InChI is InChI=1S/C17H24N4O3/c1-13(17-18-16(19-24-17)15-5-3-11-23-15)21-8-6-20(7-9-21)12-14-4-2-10-22-14/h3,5,11,13-14H,2,4,6-10,12H2,1H3/t13-,14-/m0/s1. The van der Waals surface area contributed by atoms with Crippen LogP contribution in [0.5, 0.6) is 0 Å². The van der Waals surface area contributed by atoms with E-state index in [0.717, 1.165) is 39.3 Å². The van der Waals surface area contributed by atoms with Gasteiger partial charge in [-0.1, -0.05) is 5.16 Å². The highest BCUT2D eigenvalue weighted by molar-refractivity contribution is 5.44. The van der Waals surface area contributed by atoms with Crippen molar-refractivity contribution in [1.29, 1.82) is 0 Å². The van der Waals surface area contributed by atoms with Crippen LogP contribution in [0.2, 0.25) is 0 Å². The first kappa shape index (κ1) is 15.8. The molecule has 0 unspecified atom stereocenters.